The van der Waals surface area contributed by atoms with Crippen molar-refractivity contribution in [2.75, 3.05) is 10.6 Å². The predicted molar refractivity (Wildman–Crippen MR) is 127 cm³/mol. The van der Waals surface area contributed by atoms with Gasteiger partial charge in [-0.2, -0.15) is 4.98 Å². The molecule has 2 atom stereocenters. The normalized spacial score (nSPS) is 24.6. The van der Waals surface area contributed by atoms with Gasteiger partial charge >= 0.3 is 0 Å². The fraction of sp³-hybridized carbons (Fsp3) is 0.500. The van der Waals surface area contributed by atoms with Crippen molar-refractivity contribution in [1.29, 1.82) is 0 Å². The minimum absolute atomic E-state index is 0.0218. The fourth-order valence-corrected chi connectivity index (χ4v) is 5.26. The number of carbonyl (C=O) groups is 1. The maximum absolute atomic E-state index is 14.4. The number of hydrogen-bond acceptors (Lipinski definition) is 7. The molecule has 0 spiro atoms. The summed E-state index contributed by atoms with van der Waals surface area (Å²) in [4.78, 5) is 25.2. The van der Waals surface area contributed by atoms with E-state index in [4.69, 9.17) is 5.73 Å². The van der Waals surface area contributed by atoms with E-state index >= 15 is 0 Å². The third-order valence-electron chi connectivity index (χ3n) is 7.12. The number of hydrogen-bond donors (Lipinski definition) is 4. The van der Waals surface area contributed by atoms with Crippen molar-refractivity contribution in [1.82, 2.24) is 19.5 Å². The second-order valence-electron chi connectivity index (χ2n) is 9.65. The van der Waals surface area contributed by atoms with Crippen molar-refractivity contribution in [3.05, 3.63) is 35.8 Å². The standard InChI is InChI=1S/C24H28F3N7O2/c25-13-8-17(26)20(18(27)9-13)32-24-31-19-11-29-23(30-14-2-1-3-16(35)10-14)33-22(19)34(24)15-6-4-12(5-7-15)21(28)36/h8-9,11-12,14-16,35H,1-7,10H2,(H2,28,36)(H,31,32)(H,29,30,33)/t12-,14-,15-,16-/m1/s1. The van der Waals surface area contributed by atoms with E-state index in [9.17, 15) is 23.1 Å². The third-order valence-corrected chi connectivity index (χ3v) is 7.12. The molecular weight excluding hydrogens is 475 g/mol. The van der Waals surface area contributed by atoms with Gasteiger partial charge in [-0.25, -0.2) is 23.1 Å². The van der Waals surface area contributed by atoms with Crippen LogP contribution in [0.1, 0.15) is 57.4 Å². The monoisotopic (exact) mass is 503 g/mol. The Morgan fingerprint density at radius 3 is 2.44 bits per heavy atom. The number of amides is 1. The molecule has 0 saturated heterocycles. The quantitative estimate of drug-likeness (QED) is 0.401. The Bertz CT molecular complexity index is 1250. The second-order valence-corrected chi connectivity index (χ2v) is 9.65. The second kappa shape index (κ2) is 9.92. The van der Waals surface area contributed by atoms with E-state index in [1.165, 1.54) is 6.20 Å². The molecule has 0 radical (unpaired) electrons. The summed E-state index contributed by atoms with van der Waals surface area (Å²) in [6.45, 7) is 0. The largest absolute Gasteiger partial charge is 0.393 e. The number of nitrogens with one attached hydrogen (secondary N) is 2. The van der Waals surface area contributed by atoms with Crippen molar-refractivity contribution < 1.29 is 23.1 Å². The number of primary amides is 1. The first kappa shape index (κ1) is 24.3. The maximum atomic E-state index is 14.4. The van der Waals surface area contributed by atoms with Gasteiger partial charge in [0.2, 0.25) is 17.8 Å². The minimum Gasteiger partial charge on any atom is -0.393 e. The molecule has 2 aliphatic rings. The van der Waals surface area contributed by atoms with Crippen molar-refractivity contribution in [3.63, 3.8) is 0 Å². The molecule has 2 fully saturated rings. The molecule has 0 bridgehead atoms. The lowest BCUT2D eigenvalue weighted by molar-refractivity contribution is -0.122. The van der Waals surface area contributed by atoms with Crippen molar-refractivity contribution >= 4 is 34.7 Å². The molecule has 2 heterocycles. The maximum Gasteiger partial charge on any atom is 0.224 e. The van der Waals surface area contributed by atoms with Crippen molar-refractivity contribution in [2.24, 2.45) is 11.7 Å². The SMILES string of the molecule is NC(=O)[C@H]1CC[C@H](n2c(Nc3c(F)cc(F)cc3F)nc3cnc(N[C@@H]4CCC[C@@H](O)C4)nc32)CC1. The number of carbonyl (C=O) groups excluding carboxylic acids is 1. The van der Waals surface area contributed by atoms with Crippen LogP contribution < -0.4 is 16.4 Å². The number of rotatable bonds is 6. The summed E-state index contributed by atoms with van der Waals surface area (Å²) >= 11 is 0. The molecule has 1 aromatic carbocycles. The molecule has 12 heteroatoms. The van der Waals surface area contributed by atoms with Gasteiger partial charge < -0.3 is 21.5 Å². The first-order valence-electron chi connectivity index (χ1n) is 12.2. The van der Waals surface area contributed by atoms with Gasteiger partial charge in [0.1, 0.15) is 17.0 Å². The number of halogens is 3. The molecule has 2 saturated carbocycles. The molecule has 2 aromatic heterocycles. The minimum atomic E-state index is -1.09. The summed E-state index contributed by atoms with van der Waals surface area (Å²) < 4.78 is 44.1. The zero-order valence-corrected chi connectivity index (χ0v) is 19.6. The van der Waals surface area contributed by atoms with Crippen molar-refractivity contribution in [3.8, 4) is 0 Å². The van der Waals surface area contributed by atoms with E-state index in [0.717, 1.165) is 19.3 Å². The van der Waals surface area contributed by atoms with E-state index in [2.05, 4.69) is 25.6 Å². The highest BCUT2D eigenvalue weighted by Gasteiger charge is 2.30. The van der Waals surface area contributed by atoms with Crippen LogP contribution in [0.2, 0.25) is 0 Å². The summed E-state index contributed by atoms with van der Waals surface area (Å²) in [5, 5.41) is 15.9. The highest BCUT2D eigenvalue weighted by molar-refractivity contribution is 5.78. The van der Waals surface area contributed by atoms with Gasteiger partial charge in [-0.15, -0.1) is 0 Å². The zero-order valence-electron chi connectivity index (χ0n) is 19.6. The topological polar surface area (TPSA) is 131 Å². The first-order chi connectivity index (χ1) is 17.3. The molecule has 1 amide bonds. The van der Waals surface area contributed by atoms with E-state index in [1.54, 1.807) is 4.57 Å². The Morgan fingerprint density at radius 2 is 1.78 bits per heavy atom. The summed E-state index contributed by atoms with van der Waals surface area (Å²) in [5.74, 6) is -3.29. The molecule has 3 aromatic rings. The van der Waals surface area contributed by atoms with Crippen LogP contribution in [0.25, 0.3) is 11.2 Å². The van der Waals surface area contributed by atoms with Gasteiger partial charge in [-0.05, 0) is 51.4 Å². The van der Waals surface area contributed by atoms with Crippen LogP contribution in [0.4, 0.5) is 30.8 Å². The molecule has 5 rings (SSSR count). The zero-order chi connectivity index (χ0) is 25.4. The fourth-order valence-electron chi connectivity index (χ4n) is 5.26. The third kappa shape index (κ3) is 4.95. The van der Waals surface area contributed by atoms with Crippen LogP contribution in [0.3, 0.4) is 0 Å². The molecule has 36 heavy (non-hydrogen) atoms. The van der Waals surface area contributed by atoms with Gasteiger partial charge in [0, 0.05) is 30.1 Å². The molecule has 5 N–H and O–H groups in total. The number of imidazole rings is 1. The molecule has 192 valence electrons. The summed E-state index contributed by atoms with van der Waals surface area (Å²) in [6, 6.07) is 1.04. The molecule has 0 unspecified atom stereocenters. The number of fused-ring (bicyclic) bond motifs is 1. The number of aromatic nitrogens is 4. The molecular formula is C24H28F3N7O2. The lowest BCUT2D eigenvalue weighted by Gasteiger charge is -2.29. The Kier molecular flexibility index (Phi) is 6.69. The van der Waals surface area contributed by atoms with Crippen LogP contribution in [-0.4, -0.2) is 42.7 Å². The van der Waals surface area contributed by atoms with E-state index in [0.29, 0.717) is 61.3 Å². The smallest absolute Gasteiger partial charge is 0.224 e. The average Bonchev–Trinajstić information content (AvgIpc) is 3.18. The Balaban J connectivity index is 1.51. The van der Waals surface area contributed by atoms with E-state index < -0.39 is 23.1 Å². The Hall–Kier alpha value is -3.41. The summed E-state index contributed by atoms with van der Waals surface area (Å²) in [6.07, 6.45) is 6.59. The van der Waals surface area contributed by atoms with Gasteiger partial charge in [-0.3, -0.25) is 9.36 Å². The molecule has 9 nitrogen and oxygen atoms in total. The first-order valence-corrected chi connectivity index (χ1v) is 12.2. The van der Waals surface area contributed by atoms with Gasteiger partial charge in [0.25, 0.3) is 0 Å². The number of nitrogens with zero attached hydrogens (tertiary/aromatic N) is 4. The highest BCUT2D eigenvalue weighted by Crippen LogP contribution is 2.37. The van der Waals surface area contributed by atoms with Gasteiger partial charge in [0.05, 0.1) is 12.3 Å². The lowest BCUT2D eigenvalue weighted by atomic mass is 9.85. The number of aliphatic hydroxyl groups is 1. The van der Waals surface area contributed by atoms with Gasteiger partial charge in [0.15, 0.2) is 17.3 Å². The number of benzene rings is 1. The molecule has 0 aliphatic heterocycles. The predicted octanol–water partition coefficient (Wildman–Crippen LogP) is 3.92. The average molecular weight is 504 g/mol. The van der Waals surface area contributed by atoms with E-state index in [-0.39, 0.29) is 36.0 Å². The van der Waals surface area contributed by atoms with Gasteiger partial charge in [-0.1, -0.05) is 0 Å². The lowest BCUT2D eigenvalue weighted by Crippen LogP contribution is -2.30. The summed E-state index contributed by atoms with van der Waals surface area (Å²) in [7, 11) is 0. The Morgan fingerprint density at radius 1 is 1.06 bits per heavy atom. The Labute approximate surface area is 205 Å². The molecule has 2 aliphatic carbocycles. The van der Waals surface area contributed by atoms with Crippen LogP contribution in [0, 0.1) is 23.4 Å². The highest BCUT2D eigenvalue weighted by atomic mass is 19.1. The number of nitrogens with two attached hydrogens (primary N) is 1. The summed E-state index contributed by atoms with van der Waals surface area (Å²) in [5.41, 5.74) is 5.82. The van der Waals surface area contributed by atoms with Crippen LogP contribution in [0.15, 0.2) is 18.3 Å². The number of anilines is 3. The van der Waals surface area contributed by atoms with E-state index in [1.807, 2.05) is 0 Å². The van der Waals surface area contributed by atoms with Crippen molar-refractivity contribution in [2.45, 2.75) is 69.6 Å². The van der Waals surface area contributed by atoms with Crippen LogP contribution in [-0.2, 0) is 4.79 Å². The van der Waals surface area contributed by atoms with Crippen LogP contribution in [0.5, 0.6) is 0 Å². The number of aliphatic hydroxyl groups excluding tert-OH is 1. The van der Waals surface area contributed by atoms with Crippen LogP contribution >= 0.6 is 0 Å².